The smallest absolute Gasteiger partial charge is 0.372 e. The SMILES string of the molecule is NC(=O)c1cc2ccccc2n(Oc2ccc(C(F)(F)F)cc2)c1=O. The number of carbonyl (C=O) groups excluding carboxylic acids is 1. The third-order valence-corrected chi connectivity index (χ3v) is 3.51. The fourth-order valence-electron chi connectivity index (χ4n) is 2.31. The number of fused-ring (bicyclic) bond motifs is 1. The Morgan fingerprint density at radius 3 is 2.28 bits per heavy atom. The van der Waals surface area contributed by atoms with Crippen molar-refractivity contribution in [1.82, 2.24) is 4.73 Å². The van der Waals surface area contributed by atoms with Crippen LogP contribution in [0.1, 0.15) is 15.9 Å². The molecular formula is C17H11F3N2O3. The molecule has 0 spiro atoms. The largest absolute Gasteiger partial charge is 0.416 e. The predicted molar refractivity (Wildman–Crippen MR) is 84.2 cm³/mol. The average molecular weight is 348 g/mol. The molecule has 0 radical (unpaired) electrons. The van der Waals surface area contributed by atoms with Gasteiger partial charge in [-0.1, -0.05) is 18.2 Å². The summed E-state index contributed by atoms with van der Waals surface area (Å²) in [4.78, 5) is 29.3. The van der Waals surface area contributed by atoms with Gasteiger partial charge in [0.05, 0.1) is 11.1 Å². The number of hydrogen-bond donors (Lipinski definition) is 1. The van der Waals surface area contributed by atoms with Crippen molar-refractivity contribution in [3.05, 3.63) is 76.1 Å². The molecule has 2 N–H and O–H groups in total. The van der Waals surface area contributed by atoms with Crippen molar-refractivity contribution in [3.63, 3.8) is 0 Å². The van der Waals surface area contributed by atoms with Gasteiger partial charge in [0.25, 0.3) is 11.5 Å². The van der Waals surface area contributed by atoms with Gasteiger partial charge >= 0.3 is 6.18 Å². The van der Waals surface area contributed by atoms with Crippen LogP contribution in [0.4, 0.5) is 13.2 Å². The highest BCUT2D eigenvalue weighted by molar-refractivity contribution is 5.96. The van der Waals surface area contributed by atoms with E-state index in [0.717, 1.165) is 29.0 Å². The molecule has 3 aromatic rings. The Labute approximate surface area is 139 Å². The van der Waals surface area contributed by atoms with Crippen LogP contribution < -0.4 is 16.1 Å². The summed E-state index contributed by atoms with van der Waals surface area (Å²) in [5.41, 5.74) is 3.62. The van der Waals surface area contributed by atoms with Crippen molar-refractivity contribution in [2.24, 2.45) is 5.73 Å². The maximum atomic E-state index is 12.6. The molecule has 0 aliphatic rings. The van der Waals surface area contributed by atoms with E-state index < -0.39 is 23.2 Å². The number of para-hydroxylation sites is 1. The molecule has 1 aromatic heterocycles. The molecule has 5 nitrogen and oxygen atoms in total. The summed E-state index contributed by atoms with van der Waals surface area (Å²) in [7, 11) is 0. The van der Waals surface area contributed by atoms with E-state index in [1.54, 1.807) is 24.3 Å². The highest BCUT2D eigenvalue weighted by Crippen LogP contribution is 2.30. The number of carbonyl (C=O) groups is 1. The highest BCUT2D eigenvalue weighted by atomic mass is 19.4. The van der Waals surface area contributed by atoms with Gasteiger partial charge in [0, 0.05) is 5.39 Å². The molecule has 8 heteroatoms. The van der Waals surface area contributed by atoms with Gasteiger partial charge in [-0.05, 0) is 36.4 Å². The summed E-state index contributed by atoms with van der Waals surface area (Å²) in [5, 5.41) is 0.516. The van der Waals surface area contributed by atoms with Crippen LogP contribution in [0.2, 0.25) is 0 Å². The molecule has 1 amide bonds. The van der Waals surface area contributed by atoms with Gasteiger partial charge in [0.1, 0.15) is 5.56 Å². The van der Waals surface area contributed by atoms with Crippen molar-refractivity contribution < 1.29 is 22.8 Å². The zero-order chi connectivity index (χ0) is 18.2. The maximum Gasteiger partial charge on any atom is 0.416 e. The summed E-state index contributed by atoms with van der Waals surface area (Å²) in [6, 6.07) is 11.7. The van der Waals surface area contributed by atoms with Crippen LogP contribution in [0.3, 0.4) is 0 Å². The number of rotatable bonds is 3. The number of pyridine rings is 1. The number of aromatic nitrogens is 1. The number of alkyl halides is 3. The van der Waals surface area contributed by atoms with Gasteiger partial charge in [-0.25, -0.2) is 0 Å². The summed E-state index contributed by atoms with van der Waals surface area (Å²) in [6.07, 6.45) is -4.48. The monoisotopic (exact) mass is 348 g/mol. The van der Waals surface area contributed by atoms with Crippen molar-refractivity contribution >= 4 is 16.8 Å². The normalized spacial score (nSPS) is 11.5. The summed E-state index contributed by atoms with van der Waals surface area (Å²) in [5.74, 6) is -0.928. The van der Waals surface area contributed by atoms with Crippen molar-refractivity contribution in [2.45, 2.75) is 6.18 Å². The molecule has 0 atom stereocenters. The lowest BCUT2D eigenvalue weighted by Gasteiger charge is -2.13. The van der Waals surface area contributed by atoms with Crippen molar-refractivity contribution in [3.8, 4) is 5.75 Å². The Morgan fingerprint density at radius 1 is 1.04 bits per heavy atom. The Balaban J connectivity index is 2.11. The highest BCUT2D eigenvalue weighted by Gasteiger charge is 2.30. The molecular weight excluding hydrogens is 337 g/mol. The molecule has 0 bridgehead atoms. The number of hydrogen-bond acceptors (Lipinski definition) is 3. The van der Waals surface area contributed by atoms with E-state index in [1.165, 1.54) is 6.07 Å². The van der Waals surface area contributed by atoms with Crippen LogP contribution in [0, 0.1) is 0 Å². The average Bonchev–Trinajstić information content (AvgIpc) is 2.56. The number of benzene rings is 2. The summed E-state index contributed by atoms with van der Waals surface area (Å²) < 4.78 is 38.7. The molecule has 2 aromatic carbocycles. The molecule has 1 heterocycles. The van der Waals surface area contributed by atoms with Crippen molar-refractivity contribution in [1.29, 1.82) is 0 Å². The Morgan fingerprint density at radius 2 is 1.68 bits per heavy atom. The molecule has 0 saturated carbocycles. The first-order chi connectivity index (χ1) is 11.8. The lowest BCUT2D eigenvalue weighted by Crippen LogP contribution is -2.32. The maximum absolute atomic E-state index is 12.6. The second-order valence-electron chi connectivity index (χ2n) is 5.19. The van der Waals surface area contributed by atoms with E-state index in [9.17, 15) is 22.8 Å². The minimum absolute atomic E-state index is 0.00173. The predicted octanol–water partition coefficient (Wildman–Crippen LogP) is 2.96. The van der Waals surface area contributed by atoms with Gasteiger partial charge < -0.3 is 10.6 Å². The first-order valence-electron chi connectivity index (χ1n) is 7.07. The molecule has 0 aliphatic heterocycles. The lowest BCUT2D eigenvalue weighted by atomic mass is 10.1. The van der Waals surface area contributed by atoms with Crippen LogP contribution in [0.15, 0.2) is 59.4 Å². The minimum Gasteiger partial charge on any atom is -0.372 e. The Hall–Kier alpha value is -3.29. The first-order valence-corrected chi connectivity index (χ1v) is 7.07. The fraction of sp³-hybridized carbons (Fsp3) is 0.0588. The molecule has 0 aliphatic carbocycles. The minimum atomic E-state index is -4.48. The van der Waals surface area contributed by atoms with Gasteiger partial charge in [-0.15, -0.1) is 4.73 Å². The molecule has 0 saturated heterocycles. The zero-order valence-electron chi connectivity index (χ0n) is 12.6. The molecule has 25 heavy (non-hydrogen) atoms. The van der Waals surface area contributed by atoms with Gasteiger partial charge in [0.15, 0.2) is 5.75 Å². The third-order valence-electron chi connectivity index (χ3n) is 3.51. The first kappa shape index (κ1) is 16.6. The lowest BCUT2D eigenvalue weighted by molar-refractivity contribution is -0.137. The number of amides is 1. The second kappa shape index (κ2) is 5.97. The number of nitrogens with two attached hydrogens (primary N) is 1. The van der Waals surface area contributed by atoms with E-state index >= 15 is 0 Å². The number of halogens is 3. The van der Waals surface area contributed by atoms with Gasteiger partial charge in [-0.2, -0.15) is 13.2 Å². The van der Waals surface area contributed by atoms with Crippen LogP contribution in [-0.4, -0.2) is 10.6 Å². The fourth-order valence-corrected chi connectivity index (χ4v) is 2.31. The molecule has 0 fully saturated rings. The summed E-state index contributed by atoms with van der Waals surface area (Å²) in [6.45, 7) is 0. The van der Waals surface area contributed by atoms with E-state index in [-0.39, 0.29) is 11.3 Å². The van der Waals surface area contributed by atoms with Gasteiger partial charge in [0.2, 0.25) is 0 Å². The second-order valence-corrected chi connectivity index (χ2v) is 5.19. The Kier molecular flexibility index (Phi) is 3.96. The van der Waals surface area contributed by atoms with Crippen LogP contribution in [0.25, 0.3) is 10.9 Å². The van der Waals surface area contributed by atoms with Crippen LogP contribution >= 0.6 is 0 Å². The summed E-state index contributed by atoms with van der Waals surface area (Å²) >= 11 is 0. The van der Waals surface area contributed by atoms with Gasteiger partial charge in [-0.3, -0.25) is 9.59 Å². The molecule has 0 unspecified atom stereocenters. The number of primary amides is 1. The van der Waals surface area contributed by atoms with E-state index in [0.29, 0.717) is 10.9 Å². The van der Waals surface area contributed by atoms with E-state index in [1.807, 2.05) is 0 Å². The molecule has 128 valence electrons. The van der Waals surface area contributed by atoms with Crippen molar-refractivity contribution in [2.75, 3.05) is 0 Å². The molecule has 3 rings (SSSR count). The topological polar surface area (TPSA) is 74.3 Å². The van der Waals surface area contributed by atoms with Crippen LogP contribution in [0.5, 0.6) is 5.75 Å². The van der Waals surface area contributed by atoms with E-state index in [4.69, 9.17) is 10.6 Å². The zero-order valence-corrected chi connectivity index (χ0v) is 12.6. The number of nitrogens with zero attached hydrogens (tertiary/aromatic N) is 1. The third kappa shape index (κ3) is 3.18. The van der Waals surface area contributed by atoms with Crippen LogP contribution in [-0.2, 0) is 6.18 Å². The quantitative estimate of drug-likeness (QED) is 0.791. The Bertz CT molecular complexity index is 1010. The van der Waals surface area contributed by atoms with E-state index in [2.05, 4.69) is 0 Å². The standard InChI is InChI=1S/C17H11F3N2O3/c18-17(19,20)11-5-7-12(8-6-11)25-22-14-4-2-1-3-10(14)9-13(15(21)23)16(22)24/h1-9H,(H2,21,23).